The Morgan fingerprint density at radius 3 is 2.25 bits per heavy atom. The Bertz CT molecular complexity index is 367. The van der Waals surface area contributed by atoms with Gasteiger partial charge in [-0.3, -0.25) is 0 Å². The number of nitrogens with two attached hydrogens (primary N) is 1. The summed E-state index contributed by atoms with van der Waals surface area (Å²) in [5, 5.41) is 19.6. The van der Waals surface area contributed by atoms with Gasteiger partial charge in [0.05, 0.1) is 6.10 Å². The highest BCUT2D eigenvalue weighted by molar-refractivity contribution is 5.40. The molecule has 0 aliphatic heterocycles. The fourth-order valence-corrected chi connectivity index (χ4v) is 1.54. The molecule has 0 amide bonds. The molecule has 0 radical (unpaired) electrons. The number of phenols is 1. The number of aromatic hydroxyl groups is 1. The van der Waals surface area contributed by atoms with Gasteiger partial charge >= 0.3 is 0 Å². The standard InChI is InChI=1S/C13H21NO2/c1-8(14)12(16)10-7-9(13(2,3)4)5-6-11(10)15/h5-8,12,15-16H,14H2,1-4H3. The summed E-state index contributed by atoms with van der Waals surface area (Å²) < 4.78 is 0. The molecule has 0 bridgehead atoms. The van der Waals surface area contributed by atoms with Crippen LogP contribution in [-0.2, 0) is 5.41 Å². The maximum atomic E-state index is 9.88. The summed E-state index contributed by atoms with van der Waals surface area (Å²) >= 11 is 0. The van der Waals surface area contributed by atoms with Gasteiger partial charge in [0, 0.05) is 11.6 Å². The van der Waals surface area contributed by atoms with Crippen LogP contribution in [0.1, 0.15) is 44.9 Å². The minimum Gasteiger partial charge on any atom is -0.508 e. The van der Waals surface area contributed by atoms with E-state index in [1.807, 2.05) is 12.1 Å². The van der Waals surface area contributed by atoms with Crippen molar-refractivity contribution in [2.24, 2.45) is 5.73 Å². The SMILES string of the molecule is CC(N)C(O)c1cc(C(C)(C)C)ccc1O. The number of hydrogen-bond donors (Lipinski definition) is 3. The minimum absolute atomic E-state index is 0.0139. The van der Waals surface area contributed by atoms with Crippen LogP contribution in [0.15, 0.2) is 18.2 Å². The predicted octanol–water partition coefficient (Wildman–Crippen LogP) is 2.07. The lowest BCUT2D eigenvalue weighted by molar-refractivity contribution is 0.149. The third-order valence-electron chi connectivity index (χ3n) is 2.71. The van der Waals surface area contributed by atoms with Gasteiger partial charge in [0.15, 0.2) is 0 Å². The molecule has 1 aromatic rings. The molecule has 0 fully saturated rings. The Morgan fingerprint density at radius 1 is 1.25 bits per heavy atom. The first kappa shape index (κ1) is 13.0. The molecule has 0 saturated carbocycles. The van der Waals surface area contributed by atoms with Crippen molar-refractivity contribution in [2.45, 2.75) is 45.3 Å². The smallest absolute Gasteiger partial charge is 0.121 e. The Labute approximate surface area is 96.9 Å². The molecular weight excluding hydrogens is 202 g/mol. The van der Waals surface area contributed by atoms with E-state index in [2.05, 4.69) is 20.8 Å². The number of rotatable bonds is 2. The average molecular weight is 223 g/mol. The van der Waals surface area contributed by atoms with Gasteiger partial charge in [-0.2, -0.15) is 0 Å². The number of phenolic OH excluding ortho intramolecular Hbond substituents is 1. The lowest BCUT2D eigenvalue weighted by atomic mass is 9.85. The van der Waals surface area contributed by atoms with E-state index in [0.29, 0.717) is 5.56 Å². The third kappa shape index (κ3) is 2.74. The molecule has 3 heteroatoms. The Morgan fingerprint density at radius 2 is 1.81 bits per heavy atom. The van der Waals surface area contributed by atoms with E-state index < -0.39 is 12.1 Å². The van der Waals surface area contributed by atoms with Crippen molar-refractivity contribution in [3.8, 4) is 5.75 Å². The molecule has 16 heavy (non-hydrogen) atoms. The van der Waals surface area contributed by atoms with Gasteiger partial charge in [-0.15, -0.1) is 0 Å². The van der Waals surface area contributed by atoms with Crippen molar-refractivity contribution < 1.29 is 10.2 Å². The molecule has 0 aliphatic carbocycles. The van der Waals surface area contributed by atoms with E-state index >= 15 is 0 Å². The highest BCUT2D eigenvalue weighted by Gasteiger charge is 2.20. The van der Waals surface area contributed by atoms with Crippen molar-refractivity contribution in [1.29, 1.82) is 0 Å². The van der Waals surface area contributed by atoms with Gasteiger partial charge in [-0.25, -0.2) is 0 Å². The first-order chi connectivity index (χ1) is 7.23. The van der Waals surface area contributed by atoms with Crippen LogP contribution >= 0.6 is 0 Å². The molecule has 0 spiro atoms. The minimum atomic E-state index is -0.831. The Hall–Kier alpha value is -1.06. The fourth-order valence-electron chi connectivity index (χ4n) is 1.54. The van der Waals surface area contributed by atoms with E-state index in [0.717, 1.165) is 5.56 Å². The zero-order valence-corrected chi connectivity index (χ0v) is 10.4. The summed E-state index contributed by atoms with van der Waals surface area (Å²) in [6.07, 6.45) is -0.831. The average Bonchev–Trinajstić information content (AvgIpc) is 2.15. The zero-order valence-electron chi connectivity index (χ0n) is 10.4. The molecule has 0 heterocycles. The molecule has 3 nitrogen and oxygen atoms in total. The summed E-state index contributed by atoms with van der Waals surface area (Å²) in [5.41, 5.74) is 7.19. The Kier molecular flexibility index (Phi) is 3.61. The quantitative estimate of drug-likeness (QED) is 0.719. The van der Waals surface area contributed by atoms with Crippen LogP contribution in [0.4, 0.5) is 0 Å². The first-order valence-corrected chi connectivity index (χ1v) is 5.50. The number of aliphatic hydroxyl groups excluding tert-OH is 1. The summed E-state index contributed by atoms with van der Waals surface area (Å²) in [4.78, 5) is 0. The van der Waals surface area contributed by atoms with Gasteiger partial charge < -0.3 is 15.9 Å². The van der Waals surface area contributed by atoms with Gasteiger partial charge in [-0.1, -0.05) is 26.8 Å². The van der Waals surface area contributed by atoms with Gasteiger partial charge in [0.1, 0.15) is 5.75 Å². The molecule has 0 aliphatic rings. The summed E-state index contributed by atoms with van der Waals surface area (Å²) in [6.45, 7) is 7.97. The van der Waals surface area contributed by atoms with Crippen LogP contribution in [0.5, 0.6) is 5.75 Å². The summed E-state index contributed by atoms with van der Waals surface area (Å²) in [5.74, 6) is 0.0952. The molecule has 0 saturated heterocycles. The van der Waals surface area contributed by atoms with Gasteiger partial charge in [0.2, 0.25) is 0 Å². The molecular formula is C13H21NO2. The normalized spacial score (nSPS) is 15.9. The zero-order chi connectivity index (χ0) is 12.5. The fraction of sp³-hybridized carbons (Fsp3) is 0.538. The van der Waals surface area contributed by atoms with Crippen molar-refractivity contribution in [2.75, 3.05) is 0 Å². The van der Waals surface area contributed by atoms with Crippen LogP contribution in [0, 0.1) is 0 Å². The molecule has 2 unspecified atom stereocenters. The van der Waals surface area contributed by atoms with Crippen molar-refractivity contribution in [1.82, 2.24) is 0 Å². The van der Waals surface area contributed by atoms with Crippen molar-refractivity contribution >= 4 is 0 Å². The van der Waals surface area contributed by atoms with Gasteiger partial charge in [-0.05, 0) is 30.0 Å². The van der Waals surface area contributed by atoms with Crippen LogP contribution in [0.25, 0.3) is 0 Å². The topological polar surface area (TPSA) is 66.5 Å². The monoisotopic (exact) mass is 223 g/mol. The summed E-state index contributed by atoms with van der Waals surface area (Å²) in [6, 6.07) is 4.90. The lowest BCUT2D eigenvalue weighted by Crippen LogP contribution is -2.25. The second-order valence-corrected chi connectivity index (χ2v) is 5.33. The van der Waals surface area contributed by atoms with E-state index in [1.165, 1.54) is 0 Å². The number of hydrogen-bond acceptors (Lipinski definition) is 3. The second kappa shape index (κ2) is 4.44. The van der Waals surface area contributed by atoms with E-state index in [4.69, 9.17) is 5.73 Å². The number of benzene rings is 1. The maximum absolute atomic E-state index is 9.88. The molecule has 90 valence electrons. The summed E-state index contributed by atoms with van der Waals surface area (Å²) in [7, 11) is 0. The van der Waals surface area contributed by atoms with Crippen LogP contribution in [-0.4, -0.2) is 16.3 Å². The Balaban J connectivity index is 3.19. The predicted molar refractivity (Wildman–Crippen MR) is 65.4 cm³/mol. The largest absolute Gasteiger partial charge is 0.508 e. The molecule has 1 aromatic carbocycles. The third-order valence-corrected chi connectivity index (χ3v) is 2.71. The van der Waals surface area contributed by atoms with Crippen LogP contribution < -0.4 is 5.73 Å². The highest BCUT2D eigenvalue weighted by atomic mass is 16.3. The van der Waals surface area contributed by atoms with E-state index in [1.54, 1.807) is 13.0 Å². The van der Waals surface area contributed by atoms with Gasteiger partial charge in [0.25, 0.3) is 0 Å². The highest BCUT2D eigenvalue weighted by Crippen LogP contribution is 2.31. The van der Waals surface area contributed by atoms with E-state index in [9.17, 15) is 10.2 Å². The molecule has 1 rings (SSSR count). The first-order valence-electron chi connectivity index (χ1n) is 5.50. The molecule has 4 N–H and O–H groups in total. The molecule has 2 atom stereocenters. The maximum Gasteiger partial charge on any atom is 0.121 e. The van der Waals surface area contributed by atoms with Crippen LogP contribution in [0.3, 0.4) is 0 Å². The number of aliphatic hydroxyl groups is 1. The van der Waals surface area contributed by atoms with E-state index in [-0.39, 0.29) is 11.2 Å². The second-order valence-electron chi connectivity index (χ2n) is 5.33. The van der Waals surface area contributed by atoms with Crippen LogP contribution in [0.2, 0.25) is 0 Å². The van der Waals surface area contributed by atoms with Crippen molar-refractivity contribution in [3.63, 3.8) is 0 Å². The lowest BCUT2D eigenvalue weighted by Gasteiger charge is -2.23. The molecule has 0 aromatic heterocycles. The van der Waals surface area contributed by atoms with Crippen molar-refractivity contribution in [3.05, 3.63) is 29.3 Å².